The number of thioether (sulfide) groups is 1. The van der Waals surface area contributed by atoms with Crippen LogP contribution in [0, 0.1) is 0 Å². The van der Waals surface area contributed by atoms with Gasteiger partial charge >= 0.3 is 17.2 Å². The Morgan fingerprint density at radius 2 is 2.04 bits per heavy atom. The van der Waals surface area contributed by atoms with E-state index in [1.54, 1.807) is 18.5 Å². The molecule has 0 bridgehead atoms. The number of likely N-dealkylation sites (N-methyl/N-ethyl adjacent to an activating group) is 2. The molecule has 130 valence electrons. The largest absolute Gasteiger partial charge is 0.465 e. The zero-order valence-corrected chi connectivity index (χ0v) is 15.1. The summed E-state index contributed by atoms with van der Waals surface area (Å²) in [6.07, 6.45) is 0. The van der Waals surface area contributed by atoms with Crippen LogP contribution in [0.3, 0.4) is 0 Å². The molecule has 1 unspecified atom stereocenters. The summed E-state index contributed by atoms with van der Waals surface area (Å²) >= 11 is 1.19. The molecule has 0 radical (unpaired) electrons. The second kappa shape index (κ2) is 7.16. The molecule has 0 aromatic heterocycles. The van der Waals surface area contributed by atoms with Crippen molar-refractivity contribution in [1.82, 2.24) is 9.80 Å². The number of rotatable bonds is 5. The van der Waals surface area contributed by atoms with E-state index in [1.807, 2.05) is 6.92 Å². The second-order valence-corrected chi connectivity index (χ2v) is 6.52. The fourth-order valence-electron chi connectivity index (χ4n) is 2.47. The van der Waals surface area contributed by atoms with E-state index in [-0.39, 0.29) is 17.6 Å². The van der Waals surface area contributed by atoms with Gasteiger partial charge in [0.15, 0.2) is 0 Å². The van der Waals surface area contributed by atoms with Crippen LogP contribution in [0.1, 0.15) is 13.8 Å². The number of amides is 3. The molecule has 1 fully saturated rings. The first-order valence-electron chi connectivity index (χ1n) is 7.48. The van der Waals surface area contributed by atoms with Gasteiger partial charge in [0.05, 0.1) is 6.61 Å². The number of carbonyl (C=O) groups is 3. The molecule has 0 aromatic rings. The Morgan fingerprint density at radius 1 is 1.38 bits per heavy atom. The lowest BCUT2D eigenvalue weighted by Gasteiger charge is -2.30. The maximum Gasteiger partial charge on any atom is 0.358 e. The molecular weight excluding hydrogens is 332 g/mol. The Labute approximate surface area is 144 Å². The average Bonchev–Trinajstić information content (AvgIpc) is 2.87. The van der Waals surface area contributed by atoms with Crippen molar-refractivity contribution >= 4 is 40.7 Å². The van der Waals surface area contributed by atoms with E-state index in [0.717, 1.165) is 10.5 Å². The number of imide groups is 1. The molecule has 2 aliphatic heterocycles. The molecule has 2 aliphatic rings. The highest BCUT2D eigenvalue weighted by molar-refractivity contribution is 8.14. The lowest BCUT2D eigenvalue weighted by Crippen LogP contribution is -2.61. The van der Waals surface area contributed by atoms with Gasteiger partial charge in [-0.25, -0.2) is 9.37 Å². The van der Waals surface area contributed by atoms with Crippen LogP contribution in [0.4, 0.5) is 4.79 Å². The second-order valence-electron chi connectivity index (χ2n) is 5.57. The number of urea groups is 1. The summed E-state index contributed by atoms with van der Waals surface area (Å²) in [6.45, 7) is 8.18. The van der Waals surface area contributed by atoms with Crippen molar-refractivity contribution in [3.8, 4) is 0 Å². The Morgan fingerprint density at radius 3 is 2.62 bits per heavy atom. The van der Waals surface area contributed by atoms with Gasteiger partial charge in [-0.2, -0.15) is 0 Å². The van der Waals surface area contributed by atoms with Gasteiger partial charge in [-0.1, -0.05) is 6.58 Å². The van der Waals surface area contributed by atoms with Crippen molar-refractivity contribution < 1.29 is 23.7 Å². The van der Waals surface area contributed by atoms with Crippen LogP contribution in [0.25, 0.3) is 0 Å². The minimum atomic E-state index is -0.681. The normalized spacial score (nSPS) is 20.3. The Balaban J connectivity index is 2.33. The Kier molecular flexibility index (Phi) is 5.43. The van der Waals surface area contributed by atoms with Gasteiger partial charge in [0, 0.05) is 14.1 Å². The number of esters is 1. The van der Waals surface area contributed by atoms with Crippen LogP contribution in [0.2, 0.25) is 0 Å². The zero-order valence-electron chi connectivity index (χ0n) is 14.2. The summed E-state index contributed by atoms with van der Waals surface area (Å²) in [5.74, 6) is -0.241. The van der Waals surface area contributed by atoms with Crippen molar-refractivity contribution in [3.05, 3.63) is 12.2 Å². The fraction of sp³-hybridized carbons (Fsp3) is 0.533. The average molecular weight is 353 g/mol. The monoisotopic (exact) mass is 353 g/mol. The number of hydrogen-bond donors (Lipinski definition) is 0. The van der Waals surface area contributed by atoms with Crippen LogP contribution in [-0.2, 0) is 14.3 Å². The molecule has 1 atom stereocenters. The number of fused-ring (bicyclic) bond motifs is 1. The molecule has 3 amide bonds. The topological polar surface area (TPSA) is 82.3 Å². The molecule has 0 spiro atoms. The van der Waals surface area contributed by atoms with Gasteiger partial charge in [0.2, 0.25) is 0 Å². The van der Waals surface area contributed by atoms with Gasteiger partial charge in [-0.15, -0.1) is 0 Å². The fourth-order valence-corrected chi connectivity index (χ4v) is 3.29. The molecule has 9 heteroatoms. The van der Waals surface area contributed by atoms with E-state index in [0.29, 0.717) is 24.2 Å². The maximum atomic E-state index is 12.6. The van der Waals surface area contributed by atoms with Gasteiger partial charge < -0.3 is 4.74 Å². The predicted octanol–water partition coefficient (Wildman–Crippen LogP) is 0.532. The third kappa shape index (κ3) is 3.35. The minimum Gasteiger partial charge on any atom is -0.465 e. The van der Waals surface area contributed by atoms with E-state index >= 15 is 0 Å². The molecule has 2 rings (SSSR count). The van der Waals surface area contributed by atoms with E-state index in [9.17, 15) is 14.4 Å². The molecule has 0 aliphatic carbocycles. The standard InChI is InChI=1S/C15H21N4O4S/c1-6-23-10(20)8-24-14-16-12-11(19(14)7-9(2)3)13(21)18(5)15(22)17(12)4/h11H,2,6-8H2,1,3-5H3/q+1. The molecule has 0 N–H and O–H groups in total. The van der Waals surface area contributed by atoms with E-state index in [1.165, 1.54) is 23.7 Å². The first-order chi connectivity index (χ1) is 11.3. The van der Waals surface area contributed by atoms with Crippen LogP contribution in [0.15, 0.2) is 17.1 Å². The lowest BCUT2D eigenvalue weighted by molar-refractivity contribution is -0.524. The number of aliphatic imine (C=N–C) groups is 1. The molecule has 0 saturated carbocycles. The van der Waals surface area contributed by atoms with Gasteiger partial charge in [-0.05, 0) is 36.2 Å². The molecular formula is C15H21N4O4S+. The summed E-state index contributed by atoms with van der Waals surface area (Å²) < 4.78 is 6.68. The summed E-state index contributed by atoms with van der Waals surface area (Å²) in [6, 6.07) is -1.11. The van der Waals surface area contributed by atoms with Gasteiger partial charge in [-0.3, -0.25) is 19.4 Å². The van der Waals surface area contributed by atoms with Gasteiger partial charge in [0.25, 0.3) is 17.8 Å². The summed E-state index contributed by atoms with van der Waals surface area (Å²) in [5.41, 5.74) is 0.843. The third-order valence-corrected chi connectivity index (χ3v) is 4.52. The van der Waals surface area contributed by atoms with E-state index in [4.69, 9.17) is 4.74 Å². The number of carbonyl (C=O) groups excluding carboxylic acids is 3. The summed E-state index contributed by atoms with van der Waals surface area (Å²) in [7, 11) is 3.02. The van der Waals surface area contributed by atoms with Crippen LogP contribution in [0.5, 0.6) is 0 Å². The van der Waals surface area contributed by atoms with Crippen LogP contribution in [-0.4, -0.2) is 82.3 Å². The van der Waals surface area contributed by atoms with Crippen molar-refractivity contribution in [2.45, 2.75) is 19.9 Å². The van der Waals surface area contributed by atoms with Crippen molar-refractivity contribution in [2.24, 2.45) is 4.99 Å². The van der Waals surface area contributed by atoms with Gasteiger partial charge in [0.1, 0.15) is 12.3 Å². The highest BCUT2D eigenvalue weighted by Gasteiger charge is 2.53. The third-order valence-electron chi connectivity index (χ3n) is 3.56. The molecule has 0 aromatic carbocycles. The highest BCUT2D eigenvalue weighted by Crippen LogP contribution is 2.23. The molecule has 8 nitrogen and oxygen atoms in total. The molecule has 24 heavy (non-hydrogen) atoms. The van der Waals surface area contributed by atoms with E-state index < -0.39 is 12.1 Å². The SMILES string of the molecule is C=C(C)C[N+]1=C(SCC(=O)OCC)N=C2C1C(=O)N(C)C(=O)N2C. The summed E-state index contributed by atoms with van der Waals surface area (Å²) in [5, 5.41) is 0.509. The zero-order chi connectivity index (χ0) is 18.0. The van der Waals surface area contributed by atoms with E-state index in [2.05, 4.69) is 11.6 Å². The summed E-state index contributed by atoms with van der Waals surface area (Å²) in [4.78, 5) is 43.1. The number of amidine groups is 2. The maximum absolute atomic E-state index is 12.6. The quantitative estimate of drug-likeness (QED) is 0.409. The number of nitrogens with zero attached hydrogens (tertiary/aromatic N) is 4. The van der Waals surface area contributed by atoms with Crippen LogP contribution < -0.4 is 0 Å². The Bertz CT molecular complexity index is 670. The van der Waals surface area contributed by atoms with Crippen molar-refractivity contribution in [3.63, 3.8) is 0 Å². The predicted molar refractivity (Wildman–Crippen MR) is 91.2 cm³/mol. The highest BCUT2D eigenvalue weighted by atomic mass is 32.2. The number of hydrogen-bond acceptors (Lipinski definition) is 6. The minimum absolute atomic E-state index is 0.0844. The smallest absolute Gasteiger partial charge is 0.358 e. The van der Waals surface area contributed by atoms with Crippen LogP contribution >= 0.6 is 11.8 Å². The first kappa shape index (κ1) is 18.2. The molecule has 1 saturated heterocycles. The first-order valence-corrected chi connectivity index (χ1v) is 8.46. The Hall–Kier alpha value is -2.16. The van der Waals surface area contributed by atoms with Crippen molar-refractivity contribution in [1.29, 1.82) is 0 Å². The van der Waals surface area contributed by atoms with Crippen molar-refractivity contribution in [2.75, 3.05) is 33.0 Å². The number of ether oxygens (including phenoxy) is 1. The molecule has 2 heterocycles. The lowest BCUT2D eigenvalue weighted by atomic mass is 10.1.